The van der Waals surface area contributed by atoms with Crippen LogP contribution in [0.1, 0.15) is 64.7 Å². The molecule has 3 fully saturated rings. The lowest BCUT2D eigenvalue weighted by molar-refractivity contribution is -0.285. The first-order chi connectivity index (χ1) is 11.0. The van der Waals surface area contributed by atoms with E-state index in [4.69, 9.17) is 9.47 Å². The van der Waals surface area contributed by atoms with Crippen LogP contribution in [0.2, 0.25) is 0 Å². The summed E-state index contributed by atoms with van der Waals surface area (Å²) in [5.41, 5.74) is 2.00. The van der Waals surface area contributed by atoms with Crippen LogP contribution in [-0.2, 0) is 9.47 Å². The predicted molar refractivity (Wildman–Crippen MR) is 92.0 cm³/mol. The Morgan fingerprint density at radius 3 is 2.57 bits per heavy atom. The molecule has 3 aliphatic rings. The molecule has 0 aromatic heterocycles. The molecule has 1 aromatic rings. The molecule has 1 aromatic carbocycles. The van der Waals surface area contributed by atoms with E-state index < -0.39 is 0 Å². The summed E-state index contributed by atoms with van der Waals surface area (Å²) in [6.07, 6.45) is 6.76. The normalized spacial score (nSPS) is 42.6. The Kier molecular flexibility index (Phi) is 3.81. The highest BCUT2D eigenvalue weighted by Gasteiger charge is 2.56. The van der Waals surface area contributed by atoms with Gasteiger partial charge < -0.3 is 9.47 Å². The molecule has 2 aliphatic carbocycles. The molecule has 23 heavy (non-hydrogen) atoms. The quantitative estimate of drug-likeness (QED) is 0.696. The predicted octanol–water partition coefficient (Wildman–Crippen LogP) is 5.34. The van der Waals surface area contributed by atoms with Gasteiger partial charge in [-0.05, 0) is 42.4 Å². The number of rotatable bonds is 1. The first-order valence-electron chi connectivity index (χ1n) is 9.33. The van der Waals surface area contributed by atoms with Gasteiger partial charge in [-0.2, -0.15) is 0 Å². The number of hydrogen-bond donors (Lipinski definition) is 0. The van der Waals surface area contributed by atoms with Crippen LogP contribution in [0.25, 0.3) is 0 Å². The van der Waals surface area contributed by atoms with Crippen molar-refractivity contribution in [3.05, 3.63) is 35.9 Å². The zero-order valence-corrected chi connectivity index (χ0v) is 14.8. The average molecular weight is 314 g/mol. The topological polar surface area (TPSA) is 18.5 Å². The molecule has 2 nitrogen and oxygen atoms in total. The van der Waals surface area contributed by atoms with Crippen LogP contribution in [0.3, 0.4) is 0 Å². The summed E-state index contributed by atoms with van der Waals surface area (Å²) < 4.78 is 12.6. The highest BCUT2D eigenvalue weighted by Crippen LogP contribution is 2.61. The van der Waals surface area contributed by atoms with Crippen molar-refractivity contribution in [3.8, 4) is 0 Å². The van der Waals surface area contributed by atoms with Gasteiger partial charge in [-0.25, -0.2) is 0 Å². The van der Waals surface area contributed by atoms with Gasteiger partial charge in [0.2, 0.25) is 0 Å². The van der Waals surface area contributed by atoms with Crippen molar-refractivity contribution in [2.24, 2.45) is 22.7 Å². The molecule has 126 valence electrons. The maximum atomic E-state index is 6.44. The first kappa shape index (κ1) is 15.7. The van der Waals surface area contributed by atoms with Gasteiger partial charge in [0, 0.05) is 11.5 Å². The van der Waals surface area contributed by atoms with Crippen molar-refractivity contribution in [2.75, 3.05) is 6.61 Å². The van der Waals surface area contributed by atoms with E-state index in [1.54, 1.807) is 0 Å². The molecule has 0 amide bonds. The fourth-order valence-electron chi connectivity index (χ4n) is 5.92. The Bertz CT molecular complexity index is 552. The minimum atomic E-state index is -0.172. The lowest BCUT2D eigenvalue weighted by Gasteiger charge is -2.60. The second-order valence-corrected chi connectivity index (χ2v) is 8.83. The Labute approximate surface area is 140 Å². The number of fused-ring (bicyclic) bond motifs is 3. The van der Waals surface area contributed by atoms with Crippen LogP contribution in [0.5, 0.6) is 0 Å². The van der Waals surface area contributed by atoms with Crippen molar-refractivity contribution < 1.29 is 9.47 Å². The van der Waals surface area contributed by atoms with Crippen LogP contribution in [0.4, 0.5) is 0 Å². The van der Waals surface area contributed by atoms with E-state index >= 15 is 0 Å². The molecule has 0 radical (unpaired) electrons. The summed E-state index contributed by atoms with van der Waals surface area (Å²) in [5, 5.41) is 0. The first-order valence-corrected chi connectivity index (χ1v) is 9.33. The summed E-state index contributed by atoms with van der Waals surface area (Å²) in [6, 6.07) is 10.4. The maximum absolute atomic E-state index is 6.44. The molecule has 0 unspecified atom stereocenters. The molecule has 1 saturated heterocycles. The minimum Gasteiger partial charge on any atom is -0.348 e. The molecule has 4 rings (SSSR count). The third kappa shape index (κ3) is 2.55. The largest absolute Gasteiger partial charge is 0.348 e. The zero-order chi connectivity index (χ0) is 16.1. The molecule has 1 aliphatic heterocycles. The van der Waals surface area contributed by atoms with E-state index in [0.29, 0.717) is 22.9 Å². The van der Waals surface area contributed by atoms with E-state index in [9.17, 15) is 0 Å². The number of hydrogen-bond acceptors (Lipinski definition) is 2. The van der Waals surface area contributed by atoms with Crippen molar-refractivity contribution in [1.82, 2.24) is 0 Å². The average Bonchev–Trinajstić information content (AvgIpc) is 2.54. The SMILES string of the molecule is CC1(C)CCC[C@]2(C)[C@H]3CO[C@H](c4ccccc4)O[C@@H]3CC[C@@H]12. The van der Waals surface area contributed by atoms with Crippen LogP contribution in [0, 0.1) is 22.7 Å². The molecular formula is C21H30O2. The number of ether oxygens (including phenoxy) is 2. The molecule has 2 heteroatoms. The van der Waals surface area contributed by atoms with E-state index in [2.05, 4.69) is 45.0 Å². The summed E-state index contributed by atoms with van der Waals surface area (Å²) >= 11 is 0. The highest BCUT2D eigenvalue weighted by atomic mass is 16.7. The fourth-order valence-corrected chi connectivity index (χ4v) is 5.92. The lowest BCUT2D eigenvalue weighted by Crippen LogP contribution is -2.56. The highest BCUT2D eigenvalue weighted by molar-refractivity contribution is 5.17. The van der Waals surface area contributed by atoms with Gasteiger partial charge >= 0.3 is 0 Å². The Morgan fingerprint density at radius 1 is 1.00 bits per heavy atom. The summed E-state index contributed by atoms with van der Waals surface area (Å²) in [5.74, 6) is 1.37. The van der Waals surface area contributed by atoms with Crippen LogP contribution >= 0.6 is 0 Å². The second kappa shape index (κ2) is 5.60. The molecule has 0 N–H and O–H groups in total. The van der Waals surface area contributed by atoms with E-state index in [-0.39, 0.29) is 6.29 Å². The van der Waals surface area contributed by atoms with Gasteiger partial charge in [-0.15, -0.1) is 0 Å². The van der Waals surface area contributed by atoms with Crippen LogP contribution in [0.15, 0.2) is 30.3 Å². The van der Waals surface area contributed by atoms with Gasteiger partial charge in [0.1, 0.15) is 0 Å². The zero-order valence-electron chi connectivity index (χ0n) is 14.8. The standard InChI is InChI=1S/C21H30O2/c1-20(2)12-7-13-21(3)16-14-22-19(15-8-5-4-6-9-15)23-17(16)10-11-18(20)21/h4-6,8-9,16-19H,7,10-14H2,1-3H3/t16-,17+,18-,19-,21+/m0/s1. The third-order valence-electron chi connectivity index (χ3n) is 7.11. The Hall–Kier alpha value is -0.860. The Morgan fingerprint density at radius 2 is 1.78 bits per heavy atom. The molecule has 5 atom stereocenters. The molecule has 2 saturated carbocycles. The van der Waals surface area contributed by atoms with Crippen LogP contribution < -0.4 is 0 Å². The number of benzene rings is 1. The van der Waals surface area contributed by atoms with E-state index in [1.807, 2.05) is 6.07 Å². The van der Waals surface area contributed by atoms with Crippen molar-refractivity contribution in [1.29, 1.82) is 0 Å². The summed E-state index contributed by atoms with van der Waals surface area (Å²) in [7, 11) is 0. The van der Waals surface area contributed by atoms with Crippen molar-refractivity contribution >= 4 is 0 Å². The smallest absolute Gasteiger partial charge is 0.184 e. The fraction of sp³-hybridized carbons (Fsp3) is 0.714. The maximum Gasteiger partial charge on any atom is 0.184 e. The monoisotopic (exact) mass is 314 g/mol. The second-order valence-electron chi connectivity index (χ2n) is 8.83. The van der Waals surface area contributed by atoms with Crippen molar-refractivity contribution in [2.45, 2.75) is 65.3 Å². The molecule has 0 bridgehead atoms. The van der Waals surface area contributed by atoms with E-state index in [1.165, 1.54) is 32.1 Å². The van der Waals surface area contributed by atoms with Crippen LogP contribution in [-0.4, -0.2) is 12.7 Å². The summed E-state index contributed by atoms with van der Waals surface area (Å²) in [6.45, 7) is 8.33. The third-order valence-corrected chi connectivity index (χ3v) is 7.11. The van der Waals surface area contributed by atoms with Crippen molar-refractivity contribution in [3.63, 3.8) is 0 Å². The van der Waals surface area contributed by atoms with Gasteiger partial charge in [-0.3, -0.25) is 0 Å². The van der Waals surface area contributed by atoms with E-state index in [0.717, 1.165) is 18.1 Å². The lowest BCUT2D eigenvalue weighted by atomic mass is 9.48. The molecule has 1 heterocycles. The Balaban J connectivity index is 1.55. The summed E-state index contributed by atoms with van der Waals surface area (Å²) in [4.78, 5) is 0. The minimum absolute atomic E-state index is 0.172. The van der Waals surface area contributed by atoms with Gasteiger partial charge in [0.15, 0.2) is 6.29 Å². The van der Waals surface area contributed by atoms with Gasteiger partial charge in [0.05, 0.1) is 12.7 Å². The molecular weight excluding hydrogens is 284 g/mol. The van der Waals surface area contributed by atoms with Gasteiger partial charge in [-0.1, -0.05) is 57.5 Å². The van der Waals surface area contributed by atoms with Gasteiger partial charge in [0.25, 0.3) is 0 Å². The molecule has 0 spiro atoms.